The number of benzene rings is 2. The summed E-state index contributed by atoms with van der Waals surface area (Å²) >= 11 is 0. The third-order valence-electron chi connectivity index (χ3n) is 4.91. The largest absolute Gasteiger partial charge is 0.459 e. The van der Waals surface area contributed by atoms with E-state index in [4.69, 9.17) is 4.42 Å². The lowest BCUT2D eigenvalue weighted by Gasteiger charge is -2.19. The summed E-state index contributed by atoms with van der Waals surface area (Å²) < 4.78 is 5.07. The van der Waals surface area contributed by atoms with Crippen LogP contribution in [0, 0.1) is 0 Å². The minimum absolute atomic E-state index is 0.0186. The molecule has 1 aromatic heterocycles. The molecule has 5 heteroatoms. The number of carbonyl (C=O) groups excluding carboxylic acids is 2. The zero-order chi connectivity index (χ0) is 21.6. The van der Waals surface area contributed by atoms with Crippen molar-refractivity contribution in [2.45, 2.75) is 45.6 Å². The number of carbonyl (C=O) groups is 2. The Balaban J connectivity index is 1.42. The van der Waals surface area contributed by atoms with Crippen LogP contribution in [0.25, 0.3) is 0 Å². The maximum Gasteiger partial charge on any atom is 0.291 e. The molecule has 0 bridgehead atoms. The first-order chi connectivity index (χ1) is 14.3. The van der Waals surface area contributed by atoms with Crippen LogP contribution in [0.3, 0.4) is 0 Å². The lowest BCUT2D eigenvalue weighted by Crippen LogP contribution is -2.23. The van der Waals surface area contributed by atoms with E-state index >= 15 is 0 Å². The van der Waals surface area contributed by atoms with Crippen LogP contribution in [0.2, 0.25) is 0 Å². The molecule has 0 aliphatic rings. The van der Waals surface area contributed by atoms with Crippen molar-refractivity contribution in [3.8, 4) is 0 Å². The summed E-state index contributed by atoms with van der Waals surface area (Å²) in [6, 6.07) is 19.1. The third kappa shape index (κ3) is 6.08. The molecule has 0 aliphatic heterocycles. The number of rotatable bonds is 7. The summed E-state index contributed by atoms with van der Waals surface area (Å²) in [6.45, 7) is 7.02. The Labute approximate surface area is 177 Å². The van der Waals surface area contributed by atoms with Gasteiger partial charge in [-0.3, -0.25) is 9.59 Å². The van der Waals surface area contributed by atoms with Crippen molar-refractivity contribution in [2.75, 3.05) is 5.32 Å². The van der Waals surface area contributed by atoms with E-state index in [9.17, 15) is 9.59 Å². The van der Waals surface area contributed by atoms with E-state index in [0.717, 1.165) is 11.1 Å². The fourth-order valence-corrected chi connectivity index (χ4v) is 3.02. The van der Waals surface area contributed by atoms with Crippen molar-refractivity contribution >= 4 is 17.5 Å². The summed E-state index contributed by atoms with van der Waals surface area (Å²) in [5.74, 6) is -0.0129. The molecule has 2 amide bonds. The highest BCUT2D eigenvalue weighted by molar-refractivity contribution is 6.02. The molecule has 156 valence electrons. The average molecular weight is 405 g/mol. The molecular formula is C25H28N2O3. The van der Waals surface area contributed by atoms with Gasteiger partial charge in [0, 0.05) is 18.7 Å². The van der Waals surface area contributed by atoms with Crippen LogP contribution >= 0.6 is 0 Å². The van der Waals surface area contributed by atoms with Crippen molar-refractivity contribution in [1.82, 2.24) is 5.32 Å². The second-order valence-electron chi connectivity index (χ2n) is 8.35. The molecule has 0 aliphatic carbocycles. The highest BCUT2D eigenvalue weighted by Gasteiger charge is 2.13. The first kappa shape index (κ1) is 21.4. The molecule has 5 nitrogen and oxygen atoms in total. The van der Waals surface area contributed by atoms with Gasteiger partial charge < -0.3 is 15.1 Å². The van der Waals surface area contributed by atoms with Crippen LogP contribution in [0.5, 0.6) is 0 Å². The number of hydrogen-bond donors (Lipinski definition) is 2. The second-order valence-corrected chi connectivity index (χ2v) is 8.35. The van der Waals surface area contributed by atoms with Gasteiger partial charge in [-0.1, -0.05) is 57.2 Å². The van der Waals surface area contributed by atoms with E-state index in [1.165, 1.54) is 11.8 Å². The van der Waals surface area contributed by atoms with Gasteiger partial charge >= 0.3 is 0 Å². The molecule has 3 aromatic rings. The summed E-state index contributed by atoms with van der Waals surface area (Å²) in [7, 11) is 0. The molecular weight excluding hydrogens is 376 g/mol. The standard InChI is InChI=1S/C25H28N2O3/c1-25(2,3)20-11-6-18(7-12-20)10-15-23(28)26-17-19-8-13-21(14-9-19)27-24(29)22-5-4-16-30-22/h4-9,11-14,16H,10,15,17H2,1-3H3,(H,26,28)(H,27,29). The van der Waals surface area contributed by atoms with Crippen LogP contribution in [0.1, 0.15) is 54.4 Å². The van der Waals surface area contributed by atoms with Crippen LogP contribution in [0.15, 0.2) is 71.3 Å². The van der Waals surface area contributed by atoms with E-state index < -0.39 is 0 Å². The minimum atomic E-state index is -0.295. The molecule has 1 heterocycles. The monoisotopic (exact) mass is 404 g/mol. The van der Waals surface area contributed by atoms with Crippen molar-refractivity contribution < 1.29 is 14.0 Å². The van der Waals surface area contributed by atoms with Crippen LogP contribution in [0.4, 0.5) is 5.69 Å². The first-order valence-electron chi connectivity index (χ1n) is 10.1. The van der Waals surface area contributed by atoms with Gasteiger partial charge in [-0.25, -0.2) is 0 Å². The zero-order valence-electron chi connectivity index (χ0n) is 17.7. The number of amides is 2. The van der Waals surface area contributed by atoms with Gasteiger partial charge in [0.15, 0.2) is 5.76 Å². The van der Waals surface area contributed by atoms with E-state index in [-0.39, 0.29) is 23.0 Å². The van der Waals surface area contributed by atoms with E-state index in [1.807, 2.05) is 12.1 Å². The number of hydrogen-bond acceptors (Lipinski definition) is 3. The lowest BCUT2D eigenvalue weighted by molar-refractivity contribution is -0.121. The number of anilines is 1. The Morgan fingerprint density at radius 3 is 2.17 bits per heavy atom. The summed E-state index contributed by atoms with van der Waals surface area (Å²) in [6.07, 6.45) is 2.63. The predicted octanol–water partition coefficient (Wildman–Crippen LogP) is 5.08. The number of nitrogens with one attached hydrogen (secondary N) is 2. The molecule has 0 atom stereocenters. The maximum absolute atomic E-state index is 12.2. The zero-order valence-corrected chi connectivity index (χ0v) is 17.7. The topological polar surface area (TPSA) is 71.3 Å². The Hall–Kier alpha value is -3.34. The quantitative estimate of drug-likeness (QED) is 0.577. The van der Waals surface area contributed by atoms with E-state index in [0.29, 0.717) is 25.1 Å². The Morgan fingerprint density at radius 2 is 1.57 bits per heavy atom. The summed E-state index contributed by atoms with van der Waals surface area (Å²) in [5, 5.41) is 5.71. The Kier molecular flexibility index (Phi) is 6.72. The van der Waals surface area contributed by atoms with E-state index in [1.54, 1.807) is 24.3 Å². The molecule has 2 aromatic carbocycles. The molecule has 0 saturated heterocycles. The average Bonchev–Trinajstić information content (AvgIpc) is 3.26. The highest BCUT2D eigenvalue weighted by Crippen LogP contribution is 2.22. The number of aryl methyl sites for hydroxylation is 1. The van der Waals surface area contributed by atoms with Crippen molar-refractivity contribution in [3.63, 3.8) is 0 Å². The first-order valence-corrected chi connectivity index (χ1v) is 10.1. The maximum atomic E-state index is 12.2. The Morgan fingerprint density at radius 1 is 0.900 bits per heavy atom. The fraction of sp³-hybridized carbons (Fsp3) is 0.280. The molecule has 0 unspecified atom stereocenters. The molecule has 0 radical (unpaired) electrons. The van der Waals surface area contributed by atoms with Gasteiger partial charge in [0.1, 0.15) is 0 Å². The predicted molar refractivity (Wildman–Crippen MR) is 118 cm³/mol. The summed E-state index contributed by atoms with van der Waals surface area (Å²) in [5.41, 5.74) is 4.22. The van der Waals surface area contributed by atoms with Gasteiger partial charge in [-0.15, -0.1) is 0 Å². The molecule has 3 rings (SSSR count). The summed E-state index contributed by atoms with van der Waals surface area (Å²) in [4.78, 5) is 24.2. The lowest BCUT2D eigenvalue weighted by atomic mass is 9.86. The van der Waals surface area contributed by atoms with Crippen LogP contribution in [-0.2, 0) is 23.2 Å². The minimum Gasteiger partial charge on any atom is -0.459 e. The van der Waals surface area contributed by atoms with E-state index in [2.05, 4.69) is 55.7 Å². The van der Waals surface area contributed by atoms with Gasteiger partial charge in [0.25, 0.3) is 5.91 Å². The Bertz CT molecular complexity index is 967. The highest BCUT2D eigenvalue weighted by atomic mass is 16.3. The molecule has 0 fully saturated rings. The normalized spacial score (nSPS) is 11.2. The SMILES string of the molecule is CC(C)(C)c1ccc(CCC(=O)NCc2ccc(NC(=O)c3ccco3)cc2)cc1. The van der Waals surface area contributed by atoms with Gasteiger partial charge in [-0.05, 0) is 52.8 Å². The van der Waals surface area contributed by atoms with Crippen LogP contribution in [-0.4, -0.2) is 11.8 Å². The second kappa shape index (κ2) is 9.44. The number of furan rings is 1. The van der Waals surface area contributed by atoms with Gasteiger partial charge in [0.05, 0.1) is 6.26 Å². The molecule has 0 spiro atoms. The van der Waals surface area contributed by atoms with Gasteiger partial charge in [-0.2, -0.15) is 0 Å². The third-order valence-corrected chi connectivity index (χ3v) is 4.91. The fourth-order valence-electron chi connectivity index (χ4n) is 3.02. The van der Waals surface area contributed by atoms with Crippen molar-refractivity contribution in [2.24, 2.45) is 0 Å². The molecule has 2 N–H and O–H groups in total. The van der Waals surface area contributed by atoms with Crippen LogP contribution < -0.4 is 10.6 Å². The van der Waals surface area contributed by atoms with Crippen molar-refractivity contribution in [1.29, 1.82) is 0 Å². The molecule has 0 saturated carbocycles. The molecule has 30 heavy (non-hydrogen) atoms. The van der Waals surface area contributed by atoms with Crippen molar-refractivity contribution in [3.05, 3.63) is 89.4 Å². The smallest absolute Gasteiger partial charge is 0.291 e. The van der Waals surface area contributed by atoms with Gasteiger partial charge in [0.2, 0.25) is 5.91 Å².